The Morgan fingerprint density at radius 2 is 1.97 bits per heavy atom. The molecule has 2 rings (SSSR count). The molecule has 0 aliphatic carbocycles. The summed E-state index contributed by atoms with van der Waals surface area (Å²) >= 11 is 0. The number of hydrogen-bond acceptors (Lipinski definition) is 4. The molecule has 1 saturated heterocycles. The molecular formula is C22H38FIN6O. The highest BCUT2D eigenvalue weighted by Gasteiger charge is 2.21. The fraction of sp³-hybridized carbons (Fsp3) is 0.636. The molecular weight excluding hydrogens is 510 g/mol. The van der Waals surface area contributed by atoms with Crippen molar-refractivity contribution in [2.45, 2.75) is 45.3 Å². The zero-order valence-corrected chi connectivity index (χ0v) is 21.5. The smallest absolute Gasteiger partial charge is 0.234 e. The molecule has 0 spiro atoms. The molecule has 0 radical (unpaired) electrons. The van der Waals surface area contributed by atoms with Crippen LogP contribution < -0.4 is 16.0 Å². The van der Waals surface area contributed by atoms with Crippen LogP contribution in [0.1, 0.15) is 37.3 Å². The molecule has 1 amide bonds. The standard InChI is InChI=1S/C22H37FN6O.HI/c1-5-10-25-21(30)16-29-11-8-19(9-12-29)27-22(24-2)26-14-17-6-7-20(23)18(13-17)15-28(3)4;/h6-7,13,19H,5,8-12,14-16H2,1-4H3,(H,25,30)(H2,24,26,27);1H. The molecule has 3 N–H and O–H groups in total. The zero-order chi connectivity index (χ0) is 21.9. The van der Waals surface area contributed by atoms with Gasteiger partial charge in [-0.1, -0.05) is 13.0 Å². The van der Waals surface area contributed by atoms with Gasteiger partial charge in [-0.05, 0) is 51.1 Å². The summed E-state index contributed by atoms with van der Waals surface area (Å²) in [5.74, 6) is 0.673. The van der Waals surface area contributed by atoms with E-state index in [-0.39, 0.29) is 35.7 Å². The summed E-state index contributed by atoms with van der Waals surface area (Å²) in [6.45, 7) is 6.19. The molecule has 1 aromatic rings. The zero-order valence-electron chi connectivity index (χ0n) is 19.2. The number of piperidine rings is 1. The van der Waals surface area contributed by atoms with Gasteiger partial charge in [0, 0.05) is 51.4 Å². The largest absolute Gasteiger partial charge is 0.355 e. The predicted octanol–water partition coefficient (Wildman–Crippen LogP) is 2.16. The van der Waals surface area contributed by atoms with Crippen LogP contribution in [-0.2, 0) is 17.9 Å². The number of carbonyl (C=O) groups is 1. The maximum atomic E-state index is 14.0. The van der Waals surface area contributed by atoms with E-state index in [1.165, 1.54) is 6.07 Å². The Bertz CT molecular complexity index is 707. The average Bonchev–Trinajstić information content (AvgIpc) is 2.72. The highest BCUT2D eigenvalue weighted by molar-refractivity contribution is 14.0. The molecule has 1 fully saturated rings. The predicted molar refractivity (Wildman–Crippen MR) is 135 cm³/mol. The normalized spacial score (nSPS) is 15.5. The topological polar surface area (TPSA) is 72.0 Å². The number of hydrogen-bond donors (Lipinski definition) is 3. The first-order chi connectivity index (χ1) is 14.4. The van der Waals surface area contributed by atoms with Gasteiger partial charge in [0.1, 0.15) is 5.82 Å². The summed E-state index contributed by atoms with van der Waals surface area (Å²) in [7, 11) is 5.61. The van der Waals surface area contributed by atoms with E-state index in [2.05, 4.69) is 32.8 Å². The van der Waals surface area contributed by atoms with E-state index in [0.29, 0.717) is 31.2 Å². The third-order valence-electron chi connectivity index (χ3n) is 5.15. The van der Waals surface area contributed by atoms with Crippen LogP contribution in [0.2, 0.25) is 0 Å². The van der Waals surface area contributed by atoms with Crippen LogP contribution in [0.15, 0.2) is 23.2 Å². The van der Waals surface area contributed by atoms with Crippen molar-refractivity contribution in [3.63, 3.8) is 0 Å². The SMILES string of the molecule is CCCNC(=O)CN1CCC(NC(=NC)NCc2ccc(F)c(CN(C)C)c2)CC1.I. The number of nitrogens with one attached hydrogen (secondary N) is 3. The fourth-order valence-electron chi connectivity index (χ4n) is 3.53. The van der Waals surface area contributed by atoms with Gasteiger partial charge in [0.05, 0.1) is 6.54 Å². The van der Waals surface area contributed by atoms with Crippen LogP contribution in [0.5, 0.6) is 0 Å². The van der Waals surface area contributed by atoms with Gasteiger partial charge >= 0.3 is 0 Å². The summed E-state index contributed by atoms with van der Waals surface area (Å²) < 4.78 is 14.0. The van der Waals surface area contributed by atoms with Gasteiger partial charge in [-0.15, -0.1) is 24.0 Å². The van der Waals surface area contributed by atoms with Gasteiger partial charge in [0.2, 0.25) is 5.91 Å². The average molecular weight is 548 g/mol. The van der Waals surface area contributed by atoms with Crippen molar-refractivity contribution in [1.29, 1.82) is 0 Å². The highest BCUT2D eigenvalue weighted by Crippen LogP contribution is 2.13. The van der Waals surface area contributed by atoms with Crippen molar-refractivity contribution >= 4 is 35.8 Å². The summed E-state index contributed by atoms with van der Waals surface area (Å²) in [4.78, 5) is 20.3. The van der Waals surface area contributed by atoms with E-state index in [0.717, 1.165) is 50.4 Å². The second-order valence-corrected chi connectivity index (χ2v) is 8.13. The molecule has 7 nitrogen and oxygen atoms in total. The van der Waals surface area contributed by atoms with Gasteiger partial charge in [0.15, 0.2) is 5.96 Å². The van der Waals surface area contributed by atoms with Crippen LogP contribution in [0, 0.1) is 5.82 Å². The lowest BCUT2D eigenvalue weighted by molar-refractivity contribution is -0.122. The van der Waals surface area contributed by atoms with Crippen LogP contribution >= 0.6 is 24.0 Å². The number of carbonyl (C=O) groups excluding carboxylic acids is 1. The van der Waals surface area contributed by atoms with Gasteiger partial charge in [-0.2, -0.15) is 0 Å². The lowest BCUT2D eigenvalue weighted by Crippen LogP contribution is -2.50. The van der Waals surface area contributed by atoms with Crippen molar-refractivity contribution in [2.75, 3.05) is 47.3 Å². The van der Waals surface area contributed by atoms with Crippen LogP contribution in [0.4, 0.5) is 4.39 Å². The Morgan fingerprint density at radius 1 is 1.26 bits per heavy atom. The molecule has 1 heterocycles. The second-order valence-electron chi connectivity index (χ2n) is 8.13. The van der Waals surface area contributed by atoms with Crippen molar-refractivity contribution in [3.8, 4) is 0 Å². The monoisotopic (exact) mass is 548 g/mol. The van der Waals surface area contributed by atoms with Crippen LogP contribution in [-0.4, -0.2) is 75.0 Å². The highest BCUT2D eigenvalue weighted by atomic mass is 127. The maximum Gasteiger partial charge on any atom is 0.234 e. The van der Waals surface area contributed by atoms with Crippen LogP contribution in [0.3, 0.4) is 0 Å². The minimum absolute atomic E-state index is 0. The summed E-state index contributed by atoms with van der Waals surface area (Å²) in [5.41, 5.74) is 1.71. The lowest BCUT2D eigenvalue weighted by Gasteiger charge is -2.32. The molecule has 0 saturated carbocycles. The number of amides is 1. The number of benzene rings is 1. The van der Waals surface area contributed by atoms with Gasteiger partial charge in [-0.25, -0.2) is 4.39 Å². The van der Waals surface area contributed by atoms with Crippen molar-refractivity contribution in [3.05, 3.63) is 35.1 Å². The molecule has 0 bridgehead atoms. The molecule has 1 aromatic carbocycles. The Balaban J connectivity index is 0.00000480. The van der Waals surface area contributed by atoms with E-state index in [1.54, 1.807) is 13.1 Å². The van der Waals surface area contributed by atoms with Gasteiger partial charge < -0.3 is 20.9 Å². The summed E-state index contributed by atoms with van der Waals surface area (Å²) in [6, 6.07) is 5.55. The first-order valence-corrected chi connectivity index (χ1v) is 10.8. The molecule has 0 atom stereocenters. The molecule has 1 aliphatic heterocycles. The van der Waals surface area contributed by atoms with Crippen LogP contribution in [0.25, 0.3) is 0 Å². The maximum absolute atomic E-state index is 14.0. The third kappa shape index (κ3) is 10.1. The minimum atomic E-state index is -0.176. The van der Waals surface area contributed by atoms with Crippen molar-refractivity contribution in [2.24, 2.45) is 4.99 Å². The summed E-state index contributed by atoms with van der Waals surface area (Å²) in [5, 5.41) is 9.73. The molecule has 176 valence electrons. The van der Waals surface area contributed by atoms with E-state index in [4.69, 9.17) is 0 Å². The second kappa shape index (κ2) is 14.6. The molecule has 0 aromatic heterocycles. The van der Waals surface area contributed by atoms with Crippen molar-refractivity contribution < 1.29 is 9.18 Å². The Labute approximate surface area is 203 Å². The van der Waals surface area contributed by atoms with E-state index in [1.807, 2.05) is 25.1 Å². The van der Waals surface area contributed by atoms with Crippen molar-refractivity contribution in [1.82, 2.24) is 25.8 Å². The first kappa shape index (κ1) is 27.6. The quantitative estimate of drug-likeness (QED) is 0.251. The third-order valence-corrected chi connectivity index (χ3v) is 5.15. The lowest BCUT2D eigenvalue weighted by atomic mass is 10.1. The Kier molecular flexibility index (Phi) is 13.0. The minimum Gasteiger partial charge on any atom is -0.355 e. The van der Waals surface area contributed by atoms with E-state index in [9.17, 15) is 9.18 Å². The Hall–Kier alpha value is -1.46. The molecule has 0 unspecified atom stereocenters. The van der Waals surface area contributed by atoms with E-state index >= 15 is 0 Å². The van der Waals surface area contributed by atoms with Gasteiger partial charge in [0.25, 0.3) is 0 Å². The first-order valence-electron chi connectivity index (χ1n) is 10.8. The number of guanidine groups is 1. The number of halogens is 2. The van der Waals surface area contributed by atoms with Gasteiger partial charge in [-0.3, -0.25) is 14.7 Å². The van der Waals surface area contributed by atoms with E-state index < -0.39 is 0 Å². The summed E-state index contributed by atoms with van der Waals surface area (Å²) in [6.07, 6.45) is 2.88. The number of nitrogens with zero attached hydrogens (tertiary/aromatic N) is 3. The number of rotatable bonds is 9. The number of aliphatic imine (C=N–C) groups is 1. The molecule has 31 heavy (non-hydrogen) atoms. The Morgan fingerprint density at radius 3 is 2.58 bits per heavy atom. The fourth-order valence-corrected chi connectivity index (χ4v) is 3.53. The molecule has 1 aliphatic rings. The number of likely N-dealkylation sites (tertiary alicyclic amines) is 1. The molecule has 9 heteroatoms.